The Bertz CT molecular complexity index is 711. The van der Waals surface area contributed by atoms with E-state index in [4.69, 9.17) is 5.73 Å². The van der Waals surface area contributed by atoms with Gasteiger partial charge < -0.3 is 10.6 Å². The fourth-order valence-electron chi connectivity index (χ4n) is 2.57. The van der Waals surface area contributed by atoms with Crippen molar-refractivity contribution >= 4 is 23.5 Å². The van der Waals surface area contributed by atoms with Crippen LogP contribution in [0.15, 0.2) is 28.4 Å². The molecule has 0 aliphatic carbocycles. The lowest BCUT2D eigenvalue weighted by atomic mass is 9.98. The van der Waals surface area contributed by atoms with Crippen molar-refractivity contribution in [1.29, 1.82) is 0 Å². The van der Waals surface area contributed by atoms with Gasteiger partial charge in [-0.1, -0.05) is 13.0 Å². The fourth-order valence-corrected chi connectivity index (χ4v) is 2.57. The van der Waals surface area contributed by atoms with Gasteiger partial charge in [0.2, 0.25) is 0 Å². The van der Waals surface area contributed by atoms with Crippen LogP contribution < -0.4 is 16.1 Å². The summed E-state index contributed by atoms with van der Waals surface area (Å²) in [6.45, 7) is 3.74. The quantitative estimate of drug-likeness (QED) is 0.351. The predicted octanol–water partition coefficient (Wildman–Crippen LogP) is 1.26. The van der Waals surface area contributed by atoms with E-state index in [9.17, 15) is 20.2 Å². The molecule has 0 unspecified atom stereocenters. The largest absolute Gasteiger partial charge is 0.366 e. The first kappa shape index (κ1) is 18.1. The van der Waals surface area contributed by atoms with Crippen LogP contribution in [0.2, 0.25) is 0 Å². The van der Waals surface area contributed by atoms with Crippen LogP contribution in [0.25, 0.3) is 0 Å². The van der Waals surface area contributed by atoms with Gasteiger partial charge in [-0.25, -0.2) is 15.5 Å². The van der Waals surface area contributed by atoms with E-state index < -0.39 is 15.9 Å². The summed E-state index contributed by atoms with van der Waals surface area (Å²) in [5.41, 5.74) is 8.42. The van der Waals surface area contributed by atoms with Gasteiger partial charge in [-0.05, 0) is 24.8 Å². The van der Waals surface area contributed by atoms with Crippen molar-refractivity contribution in [2.75, 3.05) is 18.0 Å². The SMILES string of the molecule is CC1CCN(c2ccc(/C=N\N/C(N)=N/[N+](=O)[O-])cc2[N+](=O)[O-])CC1. The van der Waals surface area contributed by atoms with Crippen LogP contribution in [-0.4, -0.2) is 35.2 Å². The van der Waals surface area contributed by atoms with Crippen molar-refractivity contribution in [3.8, 4) is 0 Å². The molecule has 1 aliphatic rings. The standard InChI is InChI=1S/C14H19N7O4/c1-10-4-6-19(7-5-10)12-3-2-11(8-13(12)20(22)23)9-16-17-14(15)18-21(24)25/h2-3,8-10H,4-7H2,1H3,(H3,15,17,18)/b16-9-. The molecule has 0 bridgehead atoms. The van der Waals surface area contributed by atoms with Crippen molar-refractivity contribution in [1.82, 2.24) is 5.43 Å². The van der Waals surface area contributed by atoms with Crippen LogP contribution in [0, 0.1) is 26.1 Å². The average molecular weight is 349 g/mol. The number of nitro groups is 2. The Morgan fingerprint density at radius 2 is 2.04 bits per heavy atom. The summed E-state index contributed by atoms with van der Waals surface area (Å²) in [5.74, 6) is 0.133. The van der Waals surface area contributed by atoms with Crippen LogP contribution in [0.1, 0.15) is 25.3 Å². The van der Waals surface area contributed by atoms with Crippen molar-refractivity contribution in [3.63, 3.8) is 0 Å². The summed E-state index contributed by atoms with van der Waals surface area (Å²) in [5, 5.41) is 27.1. The number of hydrazone groups is 2. The highest BCUT2D eigenvalue weighted by molar-refractivity contribution is 5.85. The summed E-state index contributed by atoms with van der Waals surface area (Å²) >= 11 is 0. The topological polar surface area (TPSA) is 152 Å². The normalized spacial score (nSPS) is 16.2. The van der Waals surface area contributed by atoms with Gasteiger partial charge in [0.05, 0.1) is 11.1 Å². The van der Waals surface area contributed by atoms with E-state index in [1.807, 2.05) is 4.90 Å². The van der Waals surface area contributed by atoms with Gasteiger partial charge in [0.1, 0.15) is 10.8 Å². The molecule has 0 atom stereocenters. The number of hydrogen-bond donors (Lipinski definition) is 2. The Balaban J connectivity index is 2.15. The minimum Gasteiger partial charge on any atom is -0.366 e. The Kier molecular flexibility index (Phi) is 5.82. The molecule has 134 valence electrons. The van der Waals surface area contributed by atoms with Gasteiger partial charge in [-0.15, -0.1) is 0 Å². The average Bonchev–Trinajstić information content (AvgIpc) is 2.55. The molecule has 11 heteroatoms. The summed E-state index contributed by atoms with van der Waals surface area (Å²) < 4.78 is 0. The van der Waals surface area contributed by atoms with E-state index in [1.165, 1.54) is 12.3 Å². The molecule has 1 fully saturated rings. The van der Waals surface area contributed by atoms with E-state index in [1.54, 1.807) is 12.1 Å². The van der Waals surface area contributed by atoms with Crippen molar-refractivity contribution < 1.29 is 9.96 Å². The number of nitrogens with zero attached hydrogens (tertiary/aromatic N) is 5. The molecule has 0 spiro atoms. The predicted molar refractivity (Wildman–Crippen MR) is 93.1 cm³/mol. The third-order valence-corrected chi connectivity index (χ3v) is 3.90. The number of benzene rings is 1. The van der Waals surface area contributed by atoms with Crippen LogP contribution in [0.5, 0.6) is 0 Å². The van der Waals surface area contributed by atoms with Crippen molar-refractivity contribution in [2.45, 2.75) is 19.8 Å². The number of guanidine groups is 1. The zero-order valence-corrected chi connectivity index (χ0v) is 13.7. The molecule has 3 N–H and O–H groups in total. The fraction of sp³-hybridized carbons (Fsp3) is 0.429. The lowest BCUT2D eigenvalue weighted by Gasteiger charge is -2.31. The number of piperidine rings is 1. The first-order valence-electron chi connectivity index (χ1n) is 7.67. The smallest absolute Gasteiger partial charge is 0.293 e. The maximum absolute atomic E-state index is 11.4. The van der Waals surface area contributed by atoms with E-state index >= 15 is 0 Å². The van der Waals surface area contributed by atoms with E-state index in [2.05, 4.69) is 22.6 Å². The summed E-state index contributed by atoms with van der Waals surface area (Å²) in [6.07, 6.45) is 3.27. The van der Waals surface area contributed by atoms with Gasteiger partial charge in [0.25, 0.3) is 11.6 Å². The second-order valence-corrected chi connectivity index (χ2v) is 5.77. The minimum absolute atomic E-state index is 0.00886. The zero-order chi connectivity index (χ0) is 18.4. The summed E-state index contributed by atoms with van der Waals surface area (Å²) in [6, 6.07) is 4.77. The number of nitro benzene ring substituents is 1. The second kappa shape index (κ2) is 8.04. The van der Waals surface area contributed by atoms with Crippen molar-refractivity contribution in [3.05, 3.63) is 44.0 Å². The molecule has 1 heterocycles. The van der Waals surface area contributed by atoms with Crippen LogP contribution in [-0.2, 0) is 0 Å². The molecule has 1 aromatic carbocycles. The minimum atomic E-state index is -0.961. The second-order valence-electron chi connectivity index (χ2n) is 5.77. The molecule has 1 aliphatic heterocycles. The van der Waals surface area contributed by atoms with Gasteiger partial charge in [0, 0.05) is 24.7 Å². The maximum atomic E-state index is 11.4. The van der Waals surface area contributed by atoms with E-state index in [0.29, 0.717) is 17.2 Å². The Morgan fingerprint density at radius 3 is 2.64 bits per heavy atom. The third-order valence-electron chi connectivity index (χ3n) is 3.90. The summed E-state index contributed by atoms with van der Waals surface area (Å²) in [4.78, 5) is 23.1. The van der Waals surface area contributed by atoms with Gasteiger partial charge in [-0.3, -0.25) is 10.1 Å². The molecular formula is C14H19N7O4. The maximum Gasteiger partial charge on any atom is 0.293 e. The molecule has 0 radical (unpaired) electrons. The van der Waals surface area contributed by atoms with Gasteiger partial charge >= 0.3 is 0 Å². The number of anilines is 1. The molecular weight excluding hydrogens is 330 g/mol. The number of nitrogens with one attached hydrogen (secondary N) is 1. The van der Waals surface area contributed by atoms with Crippen molar-refractivity contribution in [2.24, 2.45) is 21.9 Å². The molecule has 0 saturated carbocycles. The molecule has 1 aromatic rings. The van der Waals surface area contributed by atoms with Gasteiger partial charge in [-0.2, -0.15) is 5.10 Å². The molecule has 11 nitrogen and oxygen atoms in total. The van der Waals surface area contributed by atoms with Crippen LogP contribution in [0.4, 0.5) is 11.4 Å². The first-order chi connectivity index (χ1) is 11.9. The summed E-state index contributed by atoms with van der Waals surface area (Å²) in [7, 11) is 0. The van der Waals surface area contributed by atoms with Crippen LogP contribution >= 0.6 is 0 Å². The van der Waals surface area contributed by atoms with Gasteiger partial charge in [0.15, 0.2) is 5.03 Å². The third kappa shape index (κ3) is 5.12. The molecule has 2 rings (SSSR count). The molecule has 0 aromatic heterocycles. The number of hydrogen-bond acceptors (Lipinski definition) is 6. The molecule has 0 amide bonds. The Labute approximate surface area is 143 Å². The number of nitrogens with two attached hydrogens (primary N) is 1. The highest BCUT2D eigenvalue weighted by atomic mass is 16.7. The number of rotatable bonds is 5. The Hall–Kier alpha value is -3.24. The molecule has 1 saturated heterocycles. The lowest BCUT2D eigenvalue weighted by molar-refractivity contribution is -0.485. The molecule has 25 heavy (non-hydrogen) atoms. The van der Waals surface area contributed by atoms with Crippen LogP contribution in [0.3, 0.4) is 0 Å². The first-order valence-corrected chi connectivity index (χ1v) is 7.67. The highest BCUT2D eigenvalue weighted by Crippen LogP contribution is 2.31. The van der Waals surface area contributed by atoms with E-state index in [-0.39, 0.29) is 5.69 Å². The lowest BCUT2D eigenvalue weighted by Crippen LogP contribution is -2.33. The Morgan fingerprint density at radius 1 is 1.36 bits per heavy atom. The van der Waals surface area contributed by atoms with E-state index in [0.717, 1.165) is 25.9 Å². The monoisotopic (exact) mass is 349 g/mol. The zero-order valence-electron chi connectivity index (χ0n) is 13.7. The highest BCUT2D eigenvalue weighted by Gasteiger charge is 2.23.